The van der Waals surface area contributed by atoms with Crippen LogP contribution in [0, 0.1) is 6.92 Å². The number of nitrogens with one attached hydrogen (secondary N) is 1. The Hall–Kier alpha value is -3.10. The number of nitrogens with zero attached hydrogens (tertiary/aromatic N) is 3. The van der Waals surface area contributed by atoms with E-state index in [-0.39, 0.29) is 11.7 Å². The highest BCUT2D eigenvalue weighted by atomic mass is 79.9. The predicted octanol–water partition coefficient (Wildman–Crippen LogP) is 5.74. The van der Waals surface area contributed by atoms with Gasteiger partial charge in [-0.05, 0) is 48.9 Å². The normalized spacial score (nSPS) is 10.7. The molecule has 0 unspecified atom stereocenters. The number of benzene rings is 3. The number of para-hydroxylation sites is 2. The van der Waals surface area contributed by atoms with Gasteiger partial charge in [-0.1, -0.05) is 64.1 Å². The van der Waals surface area contributed by atoms with Crippen molar-refractivity contribution in [3.05, 3.63) is 82.8 Å². The molecule has 0 radical (unpaired) electrons. The molecule has 32 heavy (non-hydrogen) atoms. The molecule has 4 rings (SSSR count). The summed E-state index contributed by atoms with van der Waals surface area (Å²) in [6, 6.07) is 23.4. The second-order valence-corrected chi connectivity index (χ2v) is 8.88. The highest BCUT2D eigenvalue weighted by Crippen LogP contribution is 2.30. The van der Waals surface area contributed by atoms with Crippen molar-refractivity contribution < 1.29 is 9.53 Å². The van der Waals surface area contributed by atoms with Crippen molar-refractivity contribution in [2.45, 2.75) is 12.1 Å². The standard InChI is InChI=1S/C24H21BrN4O2S/c1-16-6-5-7-19(14-16)29-23(17-10-12-18(25)13-11-17)27-28-24(29)32-15-22(30)26-20-8-3-4-9-21(20)31-2/h3-14H,15H2,1-2H3,(H,26,30). The van der Waals surface area contributed by atoms with E-state index in [1.807, 2.05) is 78.2 Å². The Bertz CT molecular complexity index is 1240. The number of carbonyl (C=O) groups excluding carboxylic acids is 1. The van der Waals surface area contributed by atoms with Gasteiger partial charge in [0.1, 0.15) is 5.75 Å². The Morgan fingerprint density at radius 1 is 1.06 bits per heavy atom. The van der Waals surface area contributed by atoms with Crippen LogP contribution >= 0.6 is 27.7 Å². The first-order chi connectivity index (χ1) is 15.5. The second kappa shape index (κ2) is 10.0. The summed E-state index contributed by atoms with van der Waals surface area (Å²) in [5.74, 6) is 1.37. The van der Waals surface area contributed by atoms with Crippen molar-refractivity contribution in [3.63, 3.8) is 0 Å². The predicted molar refractivity (Wildman–Crippen MR) is 132 cm³/mol. The number of halogens is 1. The smallest absolute Gasteiger partial charge is 0.234 e. The Labute approximate surface area is 199 Å². The van der Waals surface area contributed by atoms with Crippen molar-refractivity contribution in [2.24, 2.45) is 0 Å². The fraction of sp³-hybridized carbons (Fsp3) is 0.125. The molecular formula is C24H21BrN4O2S. The molecule has 0 spiro atoms. The van der Waals surface area contributed by atoms with Crippen LogP contribution in [-0.4, -0.2) is 33.5 Å². The van der Waals surface area contributed by atoms with Crippen LogP contribution in [-0.2, 0) is 4.79 Å². The van der Waals surface area contributed by atoms with Crippen LogP contribution < -0.4 is 10.1 Å². The first-order valence-corrected chi connectivity index (χ1v) is 11.7. The van der Waals surface area contributed by atoms with E-state index >= 15 is 0 Å². The fourth-order valence-electron chi connectivity index (χ4n) is 3.21. The molecule has 8 heteroatoms. The minimum Gasteiger partial charge on any atom is -0.495 e. The molecule has 0 bridgehead atoms. The van der Waals surface area contributed by atoms with Crippen molar-refractivity contribution in [1.82, 2.24) is 14.8 Å². The summed E-state index contributed by atoms with van der Waals surface area (Å²) in [6.07, 6.45) is 0. The highest BCUT2D eigenvalue weighted by molar-refractivity contribution is 9.10. The van der Waals surface area contributed by atoms with E-state index in [4.69, 9.17) is 4.74 Å². The van der Waals surface area contributed by atoms with Crippen molar-refractivity contribution in [3.8, 4) is 22.8 Å². The van der Waals surface area contributed by atoms with Crippen molar-refractivity contribution in [2.75, 3.05) is 18.2 Å². The van der Waals surface area contributed by atoms with Crippen LogP contribution in [0.25, 0.3) is 17.1 Å². The van der Waals surface area contributed by atoms with E-state index in [0.29, 0.717) is 16.6 Å². The van der Waals surface area contributed by atoms with Crippen molar-refractivity contribution in [1.29, 1.82) is 0 Å². The van der Waals surface area contributed by atoms with E-state index in [9.17, 15) is 4.79 Å². The highest BCUT2D eigenvalue weighted by Gasteiger charge is 2.18. The van der Waals surface area contributed by atoms with Crippen LogP contribution in [0.15, 0.2) is 82.4 Å². The molecule has 0 aliphatic rings. The van der Waals surface area contributed by atoms with Gasteiger partial charge in [0.15, 0.2) is 11.0 Å². The number of hydrogen-bond donors (Lipinski definition) is 1. The summed E-state index contributed by atoms with van der Waals surface area (Å²) in [6.45, 7) is 2.04. The number of methoxy groups -OCH3 is 1. The Morgan fingerprint density at radius 2 is 1.84 bits per heavy atom. The summed E-state index contributed by atoms with van der Waals surface area (Å²) in [5, 5.41) is 12.4. The molecule has 0 saturated carbocycles. The molecule has 0 atom stereocenters. The van der Waals surface area contributed by atoms with Gasteiger partial charge in [0.2, 0.25) is 5.91 Å². The van der Waals surface area contributed by atoms with Crippen LogP contribution in [0.1, 0.15) is 5.56 Å². The van der Waals surface area contributed by atoms with E-state index < -0.39 is 0 Å². The molecule has 1 amide bonds. The summed E-state index contributed by atoms with van der Waals surface area (Å²) in [7, 11) is 1.58. The number of thioether (sulfide) groups is 1. The third-order valence-electron chi connectivity index (χ3n) is 4.71. The summed E-state index contributed by atoms with van der Waals surface area (Å²) in [4.78, 5) is 12.6. The van der Waals surface area contributed by atoms with E-state index in [1.165, 1.54) is 11.8 Å². The Morgan fingerprint density at radius 3 is 2.59 bits per heavy atom. The van der Waals surface area contributed by atoms with Gasteiger partial charge in [0.25, 0.3) is 0 Å². The lowest BCUT2D eigenvalue weighted by Crippen LogP contribution is -2.15. The maximum absolute atomic E-state index is 12.6. The molecule has 1 heterocycles. The number of hydrogen-bond acceptors (Lipinski definition) is 5. The summed E-state index contributed by atoms with van der Waals surface area (Å²) >= 11 is 4.81. The van der Waals surface area contributed by atoms with Gasteiger partial charge in [0, 0.05) is 15.7 Å². The molecule has 0 aliphatic carbocycles. The molecule has 0 fully saturated rings. The average molecular weight is 509 g/mol. The lowest BCUT2D eigenvalue weighted by atomic mass is 10.2. The van der Waals surface area contributed by atoms with Crippen LogP contribution in [0.2, 0.25) is 0 Å². The number of carbonyl (C=O) groups is 1. The molecule has 1 N–H and O–H groups in total. The summed E-state index contributed by atoms with van der Waals surface area (Å²) < 4.78 is 8.28. The zero-order chi connectivity index (χ0) is 22.5. The lowest BCUT2D eigenvalue weighted by molar-refractivity contribution is -0.113. The zero-order valence-corrected chi connectivity index (χ0v) is 20.0. The average Bonchev–Trinajstić information content (AvgIpc) is 3.22. The van der Waals surface area contributed by atoms with Gasteiger partial charge in [0.05, 0.1) is 18.6 Å². The van der Waals surface area contributed by atoms with E-state index in [1.54, 1.807) is 7.11 Å². The third-order valence-corrected chi connectivity index (χ3v) is 6.17. The largest absolute Gasteiger partial charge is 0.495 e. The minimum absolute atomic E-state index is 0.150. The topological polar surface area (TPSA) is 69.0 Å². The molecule has 6 nitrogen and oxygen atoms in total. The molecule has 0 saturated heterocycles. The Kier molecular flexibility index (Phi) is 6.92. The molecule has 0 aliphatic heterocycles. The van der Waals surface area contributed by atoms with Gasteiger partial charge < -0.3 is 10.1 Å². The first-order valence-electron chi connectivity index (χ1n) is 9.89. The van der Waals surface area contributed by atoms with Gasteiger partial charge in [-0.15, -0.1) is 10.2 Å². The molecule has 162 valence electrons. The molecular weight excluding hydrogens is 488 g/mol. The zero-order valence-electron chi connectivity index (χ0n) is 17.6. The third kappa shape index (κ3) is 5.03. The quantitative estimate of drug-likeness (QED) is 0.322. The van der Waals surface area contributed by atoms with Gasteiger partial charge >= 0.3 is 0 Å². The molecule has 4 aromatic rings. The minimum atomic E-state index is -0.150. The maximum atomic E-state index is 12.6. The number of amides is 1. The van der Waals surface area contributed by atoms with E-state index in [0.717, 1.165) is 27.1 Å². The fourth-order valence-corrected chi connectivity index (χ4v) is 4.23. The van der Waals surface area contributed by atoms with Crippen LogP contribution in [0.5, 0.6) is 5.75 Å². The first kappa shape index (κ1) is 22.1. The molecule has 1 aromatic heterocycles. The van der Waals surface area contributed by atoms with Gasteiger partial charge in [-0.3, -0.25) is 9.36 Å². The number of rotatable bonds is 7. The lowest BCUT2D eigenvalue weighted by Gasteiger charge is -2.12. The van der Waals surface area contributed by atoms with Gasteiger partial charge in [-0.2, -0.15) is 0 Å². The van der Waals surface area contributed by atoms with E-state index in [2.05, 4.69) is 37.5 Å². The monoisotopic (exact) mass is 508 g/mol. The number of ether oxygens (including phenoxy) is 1. The van der Waals surface area contributed by atoms with Crippen LogP contribution in [0.3, 0.4) is 0 Å². The number of aryl methyl sites for hydroxylation is 1. The van der Waals surface area contributed by atoms with Gasteiger partial charge in [-0.25, -0.2) is 0 Å². The second-order valence-electron chi connectivity index (χ2n) is 7.02. The number of aromatic nitrogens is 3. The SMILES string of the molecule is COc1ccccc1NC(=O)CSc1nnc(-c2ccc(Br)cc2)n1-c1cccc(C)c1. The maximum Gasteiger partial charge on any atom is 0.234 e. The summed E-state index contributed by atoms with van der Waals surface area (Å²) in [5.41, 5.74) is 3.65. The van der Waals surface area contributed by atoms with Crippen molar-refractivity contribution >= 4 is 39.3 Å². The number of anilines is 1. The Balaban J connectivity index is 1.61. The van der Waals surface area contributed by atoms with Crippen LogP contribution in [0.4, 0.5) is 5.69 Å². The molecule has 3 aromatic carbocycles.